The van der Waals surface area contributed by atoms with Crippen LogP contribution in [0.15, 0.2) is 46.9 Å². The number of carbonyl (C=O) groups excluding carboxylic acids is 1. The van der Waals surface area contributed by atoms with Gasteiger partial charge in [0.1, 0.15) is 23.7 Å². The van der Waals surface area contributed by atoms with E-state index in [4.69, 9.17) is 13.9 Å². The fraction of sp³-hybridized carbons (Fsp3) is 0.444. The van der Waals surface area contributed by atoms with Crippen LogP contribution in [0.2, 0.25) is 0 Å². The smallest absolute Gasteiger partial charge is 0.310 e. The number of carbonyl (C=O) groups is 1. The van der Waals surface area contributed by atoms with E-state index in [0.717, 1.165) is 33.4 Å². The molecule has 3 aromatic rings. The maximum absolute atomic E-state index is 11.8. The van der Waals surface area contributed by atoms with Crippen molar-refractivity contribution in [3.8, 4) is 5.75 Å². The van der Waals surface area contributed by atoms with Crippen LogP contribution < -0.4 is 4.74 Å². The van der Waals surface area contributed by atoms with E-state index in [1.807, 2.05) is 58.9 Å². The lowest BCUT2D eigenvalue weighted by Crippen LogP contribution is -2.09. The number of para-hydroxylation sites is 1. The highest BCUT2D eigenvalue weighted by molar-refractivity contribution is 5.82. The average Bonchev–Trinajstić information content (AvgIpc) is 3.21. The molecule has 0 radical (unpaired) electrons. The fourth-order valence-electron chi connectivity index (χ4n) is 3.11. The zero-order chi connectivity index (χ0) is 23.4. The van der Waals surface area contributed by atoms with E-state index < -0.39 is 0 Å². The van der Waals surface area contributed by atoms with Crippen molar-refractivity contribution >= 4 is 16.9 Å². The SMILES string of the molecule is CC.CC.CCOC(=O)Cc1ccccc1OCc1cc(C)c2oc(C(C)C)cc2c1. The largest absolute Gasteiger partial charge is 0.489 e. The standard InChI is InChI=1S/C23H26O4.2C2H6/c1-5-25-22(24)13-18-8-6-7-9-20(18)26-14-17-10-16(4)23-19(11-17)12-21(27-23)15(2)3;2*1-2/h6-12,15H,5,13-14H2,1-4H3;2*1-2H3. The summed E-state index contributed by atoms with van der Waals surface area (Å²) in [5.41, 5.74) is 3.93. The van der Waals surface area contributed by atoms with Crippen molar-refractivity contribution in [1.82, 2.24) is 0 Å². The Hall–Kier alpha value is -2.75. The Balaban J connectivity index is 0.00000113. The summed E-state index contributed by atoms with van der Waals surface area (Å²) >= 11 is 0. The summed E-state index contributed by atoms with van der Waals surface area (Å²) < 4.78 is 17.0. The van der Waals surface area contributed by atoms with Gasteiger partial charge in [0.05, 0.1) is 13.0 Å². The molecule has 170 valence electrons. The van der Waals surface area contributed by atoms with Gasteiger partial charge in [0.25, 0.3) is 0 Å². The molecule has 0 aliphatic carbocycles. The summed E-state index contributed by atoms with van der Waals surface area (Å²) in [6.07, 6.45) is 0.210. The third kappa shape index (κ3) is 7.46. The molecule has 0 unspecified atom stereocenters. The Morgan fingerprint density at radius 3 is 2.35 bits per heavy atom. The first kappa shape index (κ1) is 26.3. The van der Waals surface area contributed by atoms with Crippen LogP contribution in [0.4, 0.5) is 0 Å². The number of aryl methyl sites for hydroxylation is 1. The fourth-order valence-corrected chi connectivity index (χ4v) is 3.11. The van der Waals surface area contributed by atoms with E-state index >= 15 is 0 Å². The lowest BCUT2D eigenvalue weighted by atomic mass is 10.1. The summed E-state index contributed by atoms with van der Waals surface area (Å²) in [5, 5.41) is 1.09. The monoisotopic (exact) mass is 426 g/mol. The lowest BCUT2D eigenvalue weighted by molar-refractivity contribution is -0.142. The molecule has 4 nitrogen and oxygen atoms in total. The second kappa shape index (κ2) is 13.5. The van der Waals surface area contributed by atoms with Crippen molar-refractivity contribution in [2.45, 2.75) is 74.3 Å². The van der Waals surface area contributed by atoms with Crippen LogP contribution in [-0.2, 0) is 22.6 Å². The first-order chi connectivity index (χ1) is 15.0. The molecular weight excluding hydrogens is 388 g/mol. The molecule has 1 heterocycles. The van der Waals surface area contributed by atoms with Gasteiger partial charge in [-0.1, -0.05) is 59.7 Å². The topological polar surface area (TPSA) is 48.7 Å². The van der Waals surface area contributed by atoms with Gasteiger partial charge in [-0.3, -0.25) is 4.79 Å². The van der Waals surface area contributed by atoms with Crippen LogP contribution in [0.1, 0.15) is 76.8 Å². The van der Waals surface area contributed by atoms with Gasteiger partial charge in [-0.05, 0) is 49.2 Å². The summed E-state index contributed by atoms with van der Waals surface area (Å²) in [7, 11) is 0. The van der Waals surface area contributed by atoms with Crippen molar-refractivity contribution in [2.24, 2.45) is 0 Å². The van der Waals surface area contributed by atoms with Gasteiger partial charge in [0.2, 0.25) is 0 Å². The first-order valence-electron chi connectivity index (χ1n) is 11.4. The predicted octanol–water partition coefficient (Wildman–Crippen LogP) is 7.60. The van der Waals surface area contributed by atoms with Gasteiger partial charge in [-0.25, -0.2) is 0 Å². The Morgan fingerprint density at radius 2 is 1.71 bits per heavy atom. The highest BCUT2D eigenvalue weighted by Gasteiger charge is 2.12. The van der Waals surface area contributed by atoms with Gasteiger partial charge in [0, 0.05) is 16.9 Å². The predicted molar refractivity (Wildman–Crippen MR) is 129 cm³/mol. The minimum Gasteiger partial charge on any atom is -0.489 e. The molecule has 2 aromatic carbocycles. The molecule has 0 fully saturated rings. The number of furan rings is 1. The number of ether oxygens (including phenoxy) is 2. The molecule has 4 heteroatoms. The van der Waals surface area contributed by atoms with E-state index in [-0.39, 0.29) is 12.4 Å². The Labute approximate surface area is 187 Å². The maximum Gasteiger partial charge on any atom is 0.310 e. The second-order valence-corrected chi connectivity index (χ2v) is 7.01. The number of benzene rings is 2. The van der Waals surface area contributed by atoms with Gasteiger partial charge in [-0.2, -0.15) is 0 Å². The molecule has 0 saturated carbocycles. The van der Waals surface area contributed by atoms with E-state index in [1.54, 1.807) is 6.92 Å². The van der Waals surface area contributed by atoms with E-state index in [9.17, 15) is 4.79 Å². The van der Waals surface area contributed by atoms with Gasteiger partial charge in [0.15, 0.2) is 0 Å². The van der Waals surface area contributed by atoms with Crippen LogP contribution in [0.3, 0.4) is 0 Å². The Morgan fingerprint density at radius 1 is 1.03 bits per heavy atom. The van der Waals surface area contributed by atoms with Crippen LogP contribution in [0.25, 0.3) is 11.0 Å². The lowest BCUT2D eigenvalue weighted by Gasteiger charge is -2.12. The van der Waals surface area contributed by atoms with E-state index in [1.165, 1.54) is 0 Å². The Kier molecular flexibility index (Phi) is 11.5. The number of esters is 1. The minimum absolute atomic E-state index is 0.210. The molecule has 0 amide bonds. The van der Waals surface area contributed by atoms with E-state index in [2.05, 4.69) is 32.0 Å². The molecule has 0 atom stereocenters. The quantitative estimate of drug-likeness (QED) is 0.365. The van der Waals surface area contributed by atoms with Crippen LogP contribution in [-0.4, -0.2) is 12.6 Å². The molecule has 0 saturated heterocycles. The zero-order valence-electron chi connectivity index (χ0n) is 20.4. The Bertz CT molecular complexity index is 938. The number of hydrogen-bond acceptors (Lipinski definition) is 4. The number of rotatable bonds is 7. The van der Waals surface area contributed by atoms with Crippen molar-refractivity contribution in [3.63, 3.8) is 0 Å². The van der Waals surface area contributed by atoms with Gasteiger partial charge >= 0.3 is 5.97 Å². The van der Waals surface area contributed by atoms with Crippen molar-refractivity contribution in [3.05, 3.63) is 64.9 Å². The summed E-state index contributed by atoms with van der Waals surface area (Å²) in [5.74, 6) is 1.81. The summed E-state index contributed by atoms with van der Waals surface area (Å²) in [4.78, 5) is 11.8. The third-order valence-corrected chi connectivity index (χ3v) is 4.46. The van der Waals surface area contributed by atoms with Crippen LogP contribution in [0.5, 0.6) is 5.75 Å². The highest BCUT2D eigenvalue weighted by Crippen LogP contribution is 2.29. The van der Waals surface area contributed by atoms with Gasteiger partial charge in [-0.15, -0.1) is 0 Å². The molecule has 31 heavy (non-hydrogen) atoms. The molecule has 3 rings (SSSR count). The summed E-state index contributed by atoms with van der Waals surface area (Å²) in [6, 6.07) is 13.9. The second-order valence-electron chi connectivity index (χ2n) is 7.01. The number of hydrogen-bond donors (Lipinski definition) is 0. The normalized spacial score (nSPS) is 10.1. The third-order valence-electron chi connectivity index (χ3n) is 4.46. The number of fused-ring (bicyclic) bond motifs is 1. The molecule has 0 aliphatic heterocycles. The molecular formula is C27H38O4. The molecule has 0 spiro atoms. The maximum atomic E-state index is 11.8. The molecule has 0 aliphatic rings. The summed E-state index contributed by atoms with van der Waals surface area (Å²) in [6.45, 7) is 16.9. The minimum atomic E-state index is -0.245. The zero-order valence-corrected chi connectivity index (χ0v) is 20.4. The van der Waals surface area contributed by atoms with Crippen molar-refractivity contribution < 1.29 is 18.7 Å². The molecule has 0 bridgehead atoms. The van der Waals surface area contributed by atoms with Crippen molar-refractivity contribution in [2.75, 3.05) is 6.61 Å². The van der Waals surface area contributed by atoms with Crippen LogP contribution in [0, 0.1) is 6.92 Å². The van der Waals surface area contributed by atoms with Gasteiger partial charge < -0.3 is 13.9 Å². The van der Waals surface area contributed by atoms with Crippen LogP contribution >= 0.6 is 0 Å². The molecule has 0 N–H and O–H groups in total. The van der Waals surface area contributed by atoms with E-state index in [0.29, 0.717) is 24.9 Å². The average molecular weight is 427 g/mol. The highest BCUT2D eigenvalue weighted by atomic mass is 16.5. The van der Waals surface area contributed by atoms with Crippen molar-refractivity contribution in [1.29, 1.82) is 0 Å². The molecule has 1 aromatic heterocycles. The first-order valence-corrected chi connectivity index (χ1v) is 11.4.